The summed E-state index contributed by atoms with van der Waals surface area (Å²) in [4.78, 5) is 27.4. The summed E-state index contributed by atoms with van der Waals surface area (Å²) in [6.07, 6.45) is 0.352. The zero-order valence-electron chi connectivity index (χ0n) is 18.4. The minimum absolute atomic E-state index is 0.140. The van der Waals surface area contributed by atoms with E-state index in [0.717, 1.165) is 5.56 Å². The van der Waals surface area contributed by atoms with Crippen molar-refractivity contribution in [1.29, 1.82) is 0 Å². The molecule has 2 amide bonds. The monoisotopic (exact) mass is 459 g/mol. The van der Waals surface area contributed by atoms with Crippen molar-refractivity contribution in [1.82, 2.24) is 9.91 Å². The molecular formula is C24H27ClFN3O3. The number of nitrogens with zero attached hydrogens (tertiary/aromatic N) is 3. The number of rotatable bonds is 8. The molecule has 170 valence electrons. The molecule has 2 aromatic carbocycles. The standard InChI is InChI=1S/C24H27ClFN3O3/c1-16(2)24(31)28(12-13-32-3)15-23(30)29-22(17-8-10-18(25)11-9-17)14-21(27-29)19-6-4-5-7-20(19)26/h4-11,16,22H,12-15H2,1-3H3. The second-order valence-corrected chi connectivity index (χ2v) is 8.38. The summed E-state index contributed by atoms with van der Waals surface area (Å²) in [7, 11) is 1.54. The molecule has 0 N–H and O–H groups in total. The lowest BCUT2D eigenvalue weighted by atomic mass is 9.98. The van der Waals surface area contributed by atoms with Gasteiger partial charge in [0.15, 0.2) is 0 Å². The van der Waals surface area contributed by atoms with E-state index in [1.807, 2.05) is 12.1 Å². The Balaban J connectivity index is 1.91. The molecule has 1 unspecified atom stereocenters. The van der Waals surface area contributed by atoms with Gasteiger partial charge in [-0.3, -0.25) is 9.59 Å². The number of hydrogen-bond donors (Lipinski definition) is 0. The first-order valence-corrected chi connectivity index (χ1v) is 10.9. The summed E-state index contributed by atoms with van der Waals surface area (Å²) in [6, 6.07) is 13.1. The van der Waals surface area contributed by atoms with Crippen molar-refractivity contribution in [2.75, 3.05) is 26.8 Å². The predicted molar refractivity (Wildman–Crippen MR) is 122 cm³/mol. The van der Waals surface area contributed by atoms with Gasteiger partial charge in [0.2, 0.25) is 5.91 Å². The lowest BCUT2D eigenvalue weighted by Gasteiger charge is -2.28. The van der Waals surface area contributed by atoms with E-state index < -0.39 is 11.9 Å². The summed E-state index contributed by atoms with van der Waals surface area (Å²) in [6.45, 7) is 4.04. The van der Waals surface area contributed by atoms with Crippen LogP contribution in [0, 0.1) is 11.7 Å². The molecule has 0 bridgehead atoms. The fourth-order valence-corrected chi connectivity index (χ4v) is 3.74. The Kier molecular flexibility index (Phi) is 7.99. The van der Waals surface area contributed by atoms with Gasteiger partial charge in [-0.15, -0.1) is 0 Å². The van der Waals surface area contributed by atoms with E-state index in [1.165, 1.54) is 16.0 Å². The van der Waals surface area contributed by atoms with Gasteiger partial charge in [0, 0.05) is 36.6 Å². The highest BCUT2D eigenvalue weighted by Crippen LogP contribution is 2.34. The maximum Gasteiger partial charge on any atom is 0.262 e. The number of hydrogen-bond acceptors (Lipinski definition) is 4. The maximum atomic E-state index is 14.4. The maximum absolute atomic E-state index is 14.4. The van der Waals surface area contributed by atoms with Crippen molar-refractivity contribution in [2.45, 2.75) is 26.3 Å². The quantitative estimate of drug-likeness (QED) is 0.591. The van der Waals surface area contributed by atoms with Gasteiger partial charge in [-0.2, -0.15) is 5.10 Å². The van der Waals surface area contributed by atoms with Crippen LogP contribution in [0.2, 0.25) is 5.02 Å². The van der Waals surface area contributed by atoms with E-state index in [-0.39, 0.29) is 24.3 Å². The first-order valence-electron chi connectivity index (χ1n) is 10.5. The minimum atomic E-state index is -0.423. The van der Waals surface area contributed by atoms with Crippen LogP contribution >= 0.6 is 11.6 Å². The first kappa shape index (κ1) is 23.9. The fourth-order valence-electron chi connectivity index (χ4n) is 3.61. The van der Waals surface area contributed by atoms with Crippen molar-refractivity contribution in [2.24, 2.45) is 11.0 Å². The molecule has 3 rings (SSSR count). The topological polar surface area (TPSA) is 62.2 Å². The average Bonchev–Trinajstić information content (AvgIpc) is 3.22. The van der Waals surface area contributed by atoms with E-state index in [0.29, 0.717) is 35.9 Å². The van der Waals surface area contributed by atoms with Crippen molar-refractivity contribution in [3.8, 4) is 0 Å². The Labute approximate surface area is 192 Å². The van der Waals surface area contributed by atoms with Crippen LogP contribution in [0.5, 0.6) is 0 Å². The fraction of sp³-hybridized carbons (Fsp3) is 0.375. The zero-order valence-corrected chi connectivity index (χ0v) is 19.2. The normalized spacial score (nSPS) is 15.8. The second kappa shape index (κ2) is 10.7. The van der Waals surface area contributed by atoms with Crippen LogP contribution in [0.1, 0.15) is 37.4 Å². The van der Waals surface area contributed by atoms with Crippen LogP contribution in [-0.4, -0.2) is 54.2 Å². The van der Waals surface area contributed by atoms with Crippen molar-refractivity contribution < 1.29 is 18.7 Å². The van der Waals surface area contributed by atoms with Crippen LogP contribution in [0.4, 0.5) is 4.39 Å². The molecule has 0 fully saturated rings. The molecule has 0 radical (unpaired) electrons. The molecule has 0 aliphatic carbocycles. The molecule has 1 aliphatic heterocycles. The predicted octanol–water partition coefficient (Wildman–Crippen LogP) is 4.29. The summed E-state index contributed by atoms with van der Waals surface area (Å²) < 4.78 is 19.5. The lowest BCUT2D eigenvalue weighted by molar-refractivity contribution is -0.143. The molecule has 32 heavy (non-hydrogen) atoms. The number of carbonyl (C=O) groups is 2. The van der Waals surface area contributed by atoms with E-state index in [4.69, 9.17) is 16.3 Å². The molecule has 2 aromatic rings. The number of carbonyl (C=O) groups excluding carboxylic acids is 2. The number of amides is 2. The number of methoxy groups -OCH3 is 1. The Morgan fingerprint density at radius 3 is 2.53 bits per heavy atom. The molecule has 0 spiro atoms. The van der Waals surface area contributed by atoms with Crippen molar-refractivity contribution >= 4 is 29.1 Å². The van der Waals surface area contributed by atoms with Crippen molar-refractivity contribution in [3.63, 3.8) is 0 Å². The summed E-state index contributed by atoms with van der Waals surface area (Å²) >= 11 is 6.03. The van der Waals surface area contributed by atoms with Gasteiger partial charge in [0.1, 0.15) is 12.4 Å². The van der Waals surface area contributed by atoms with E-state index in [2.05, 4.69) is 5.10 Å². The molecule has 1 aliphatic rings. The largest absolute Gasteiger partial charge is 0.383 e. The molecule has 0 saturated carbocycles. The third-order valence-corrected chi connectivity index (χ3v) is 5.55. The van der Waals surface area contributed by atoms with Crippen LogP contribution in [-0.2, 0) is 14.3 Å². The Bertz CT molecular complexity index is 994. The second-order valence-electron chi connectivity index (χ2n) is 7.94. The van der Waals surface area contributed by atoms with Crippen LogP contribution in [0.25, 0.3) is 0 Å². The molecule has 1 heterocycles. The smallest absolute Gasteiger partial charge is 0.262 e. The van der Waals surface area contributed by atoms with Gasteiger partial charge in [-0.1, -0.05) is 55.8 Å². The van der Waals surface area contributed by atoms with Crippen molar-refractivity contribution in [3.05, 3.63) is 70.5 Å². The highest BCUT2D eigenvalue weighted by atomic mass is 35.5. The van der Waals surface area contributed by atoms with Gasteiger partial charge in [0.05, 0.1) is 18.4 Å². The van der Waals surface area contributed by atoms with E-state index >= 15 is 0 Å². The van der Waals surface area contributed by atoms with Gasteiger partial charge in [0.25, 0.3) is 5.91 Å². The molecule has 0 aromatic heterocycles. The Hall–Kier alpha value is -2.77. The summed E-state index contributed by atoms with van der Waals surface area (Å²) in [5.41, 5.74) is 1.67. The first-order chi connectivity index (χ1) is 15.3. The van der Waals surface area contributed by atoms with Gasteiger partial charge < -0.3 is 9.64 Å². The van der Waals surface area contributed by atoms with Crippen LogP contribution < -0.4 is 0 Å². The van der Waals surface area contributed by atoms with Crippen LogP contribution in [0.15, 0.2) is 53.6 Å². The zero-order chi connectivity index (χ0) is 23.3. The third kappa shape index (κ3) is 5.53. The van der Waals surface area contributed by atoms with E-state index in [1.54, 1.807) is 51.3 Å². The summed E-state index contributed by atoms with van der Waals surface area (Å²) in [5.74, 6) is -1.15. The third-order valence-electron chi connectivity index (χ3n) is 5.30. The summed E-state index contributed by atoms with van der Waals surface area (Å²) in [5, 5.41) is 6.43. The molecule has 8 heteroatoms. The van der Waals surface area contributed by atoms with Gasteiger partial charge in [-0.05, 0) is 23.8 Å². The highest BCUT2D eigenvalue weighted by Gasteiger charge is 2.35. The highest BCUT2D eigenvalue weighted by molar-refractivity contribution is 6.30. The molecule has 0 saturated heterocycles. The molecule has 6 nitrogen and oxygen atoms in total. The number of ether oxygens (including phenoxy) is 1. The van der Waals surface area contributed by atoms with Crippen LogP contribution in [0.3, 0.4) is 0 Å². The SMILES string of the molecule is COCCN(CC(=O)N1N=C(c2ccccc2F)CC1c1ccc(Cl)cc1)C(=O)C(C)C. The van der Waals surface area contributed by atoms with E-state index in [9.17, 15) is 14.0 Å². The Morgan fingerprint density at radius 2 is 1.91 bits per heavy atom. The lowest BCUT2D eigenvalue weighted by Crippen LogP contribution is -2.44. The van der Waals surface area contributed by atoms with Gasteiger partial charge in [-0.25, -0.2) is 9.40 Å². The molecule has 1 atom stereocenters. The Morgan fingerprint density at radius 1 is 1.22 bits per heavy atom. The number of benzene rings is 2. The number of hydrazone groups is 1. The minimum Gasteiger partial charge on any atom is -0.383 e. The van der Waals surface area contributed by atoms with Gasteiger partial charge >= 0.3 is 0 Å². The molecular weight excluding hydrogens is 433 g/mol. The average molecular weight is 460 g/mol. The number of halogens is 2.